The van der Waals surface area contributed by atoms with E-state index < -0.39 is 0 Å². The first-order chi connectivity index (χ1) is 4.61. The van der Waals surface area contributed by atoms with Gasteiger partial charge in [-0.2, -0.15) is 0 Å². The molecule has 58 valence electrons. The SMILES string of the molecule is CC(C)(C)N1C=CCNC1. The number of nitrogens with one attached hydrogen (secondary N) is 1. The Morgan fingerprint density at radius 3 is 2.40 bits per heavy atom. The smallest absolute Gasteiger partial charge is 0.0684 e. The van der Waals surface area contributed by atoms with Crippen molar-refractivity contribution < 1.29 is 0 Å². The summed E-state index contributed by atoms with van der Waals surface area (Å²) in [6, 6.07) is 0. The van der Waals surface area contributed by atoms with Gasteiger partial charge in [-0.1, -0.05) is 6.08 Å². The molecule has 2 heteroatoms. The highest BCUT2D eigenvalue weighted by atomic mass is 15.3. The van der Waals surface area contributed by atoms with Crippen molar-refractivity contribution in [1.29, 1.82) is 0 Å². The van der Waals surface area contributed by atoms with Crippen LogP contribution in [0.1, 0.15) is 20.8 Å². The molecular formula is C8H16N2. The first-order valence-electron chi connectivity index (χ1n) is 3.75. The van der Waals surface area contributed by atoms with Crippen LogP contribution >= 0.6 is 0 Å². The van der Waals surface area contributed by atoms with Crippen LogP contribution in [0.4, 0.5) is 0 Å². The molecule has 1 aliphatic heterocycles. The van der Waals surface area contributed by atoms with Gasteiger partial charge in [-0.15, -0.1) is 0 Å². The van der Waals surface area contributed by atoms with Crippen molar-refractivity contribution >= 4 is 0 Å². The third kappa shape index (κ3) is 1.74. The van der Waals surface area contributed by atoms with Crippen LogP contribution in [0.15, 0.2) is 12.3 Å². The first kappa shape index (κ1) is 7.61. The zero-order valence-electron chi connectivity index (χ0n) is 7.02. The number of hydrogen-bond donors (Lipinski definition) is 1. The fourth-order valence-corrected chi connectivity index (χ4v) is 0.962. The van der Waals surface area contributed by atoms with Crippen LogP contribution in [-0.2, 0) is 0 Å². The summed E-state index contributed by atoms with van der Waals surface area (Å²) in [6.45, 7) is 8.62. The predicted molar refractivity (Wildman–Crippen MR) is 43.6 cm³/mol. The fraction of sp³-hybridized carbons (Fsp3) is 0.750. The molecule has 1 aliphatic rings. The maximum absolute atomic E-state index is 3.28. The third-order valence-electron chi connectivity index (χ3n) is 1.69. The Morgan fingerprint density at radius 1 is 1.40 bits per heavy atom. The minimum atomic E-state index is 0.254. The zero-order chi connectivity index (χ0) is 7.61. The molecule has 0 amide bonds. The van der Waals surface area contributed by atoms with E-state index >= 15 is 0 Å². The van der Waals surface area contributed by atoms with E-state index in [1.165, 1.54) is 0 Å². The first-order valence-corrected chi connectivity index (χ1v) is 3.75. The largest absolute Gasteiger partial charge is 0.360 e. The van der Waals surface area contributed by atoms with E-state index in [1.807, 2.05) is 0 Å². The highest BCUT2D eigenvalue weighted by molar-refractivity contribution is 4.93. The van der Waals surface area contributed by atoms with Gasteiger partial charge in [0.2, 0.25) is 0 Å². The van der Waals surface area contributed by atoms with E-state index in [0.717, 1.165) is 13.2 Å². The Labute approximate surface area is 62.9 Å². The number of nitrogens with zero attached hydrogens (tertiary/aromatic N) is 1. The standard InChI is InChI=1S/C8H16N2/c1-8(2,3)10-6-4-5-9-7-10/h4,6,9H,5,7H2,1-3H3. The van der Waals surface area contributed by atoms with Gasteiger partial charge in [0.25, 0.3) is 0 Å². The molecule has 0 aliphatic carbocycles. The minimum absolute atomic E-state index is 0.254. The van der Waals surface area contributed by atoms with Gasteiger partial charge < -0.3 is 4.90 Å². The molecule has 0 fully saturated rings. The summed E-state index contributed by atoms with van der Waals surface area (Å²) in [5.41, 5.74) is 0.254. The summed E-state index contributed by atoms with van der Waals surface area (Å²) >= 11 is 0. The lowest BCUT2D eigenvalue weighted by Crippen LogP contribution is -2.45. The molecule has 0 unspecified atom stereocenters. The van der Waals surface area contributed by atoms with Crippen molar-refractivity contribution in [1.82, 2.24) is 10.2 Å². The Hall–Kier alpha value is -0.500. The molecule has 0 spiro atoms. The summed E-state index contributed by atoms with van der Waals surface area (Å²) in [6.07, 6.45) is 4.31. The third-order valence-corrected chi connectivity index (χ3v) is 1.69. The Kier molecular flexibility index (Phi) is 2.00. The van der Waals surface area contributed by atoms with E-state index in [2.05, 4.69) is 43.3 Å². The molecule has 1 rings (SSSR count). The Balaban J connectivity index is 2.55. The molecule has 0 aromatic rings. The molecule has 0 saturated heterocycles. The molecule has 0 bridgehead atoms. The quantitative estimate of drug-likeness (QED) is 0.543. The Morgan fingerprint density at radius 2 is 2.10 bits per heavy atom. The molecule has 0 atom stereocenters. The highest BCUT2D eigenvalue weighted by Gasteiger charge is 2.17. The maximum Gasteiger partial charge on any atom is 0.0684 e. The summed E-state index contributed by atoms with van der Waals surface area (Å²) in [5, 5.41) is 3.28. The highest BCUT2D eigenvalue weighted by Crippen LogP contribution is 2.13. The van der Waals surface area contributed by atoms with Crippen LogP contribution in [0.25, 0.3) is 0 Å². The average Bonchev–Trinajstić information content (AvgIpc) is 1.88. The molecule has 0 aromatic carbocycles. The summed E-state index contributed by atoms with van der Waals surface area (Å²) in [7, 11) is 0. The number of hydrogen-bond acceptors (Lipinski definition) is 2. The van der Waals surface area contributed by atoms with Gasteiger partial charge in [-0.05, 0) is 27.0 Å². The van der Waals surface area contributed by atoms with E-state index in [-0.39, 0.29) is 5.54 Å². The van der Waals surface area contributed by atoms with Crippen LogP contribution in [0, 0.1) is 0 Å². The van der Waals surface area contributed by atoms with Crippen LogP contribution in [-0.4, -0.2) is 23.7 Å². The second-order valence-electron chi connectivity index (χ2n) is 3.64. The lowest BCUT2D eigenvalue weighted by molar-refractivity contribution is 0.185. The normalized spacial score (nSPS) is 19.7. The zero-order valence-corrected chi connectivity index (χ0v) is 7.02. The van der Waals surface area contributed by atoms with Crippen LogP contribution in [0.5, 0.6) is 0 Å². The summed E-state index contributed by atoms with van der Waals surface area (Å²) < 4.78 is 0. The monoisotopic (exact) mass is 140 g/mol. The van der Waals surface area contributed by atoms with E-state index in [1.54, 1.807) is 0 Å². The van der Waals surface area contributed by atoms with Crippen molar-refractivity contribution in [3.63, 3.8) is 0 Å². The molecule has 10 heavy (non-hydrogen) atoms. The van der Waals surface area contributed by atoms with Gasteiger partial charge >= 0.3 is 0 Å². The molecule has 0 radical (unpaired) electrons. The maximum atomic E-state index is 3.28. The molecule has 0 aromatic heterocycles. The van der Waals surface area contributed by atoms with E-state index in [9.17, 15) is 0 Å². The van der Waals surface area contributed by atoms with E-state index in [0.29, 0.717) is 0 Å². The minimum Gasteiger partial charge on any atom is -0.360 e. The molecule has 1 heterocycles. The number of rotatable bonds is 0. The van der Waals surface area contributed by atoms with Gasteiger partial charge in [0.15, 0.2) is 0 Å². The van der Waals surface area contributed by atoms with Crippen LogP contribution in [0.3, 0.4) is 0 Å². The van der Waals surface area contributed by atoms with Crippen molar-refractivity contribution in [2.75, 3.05) is 13.2 Å². The van der Waals surface area contributed by atoms with Crippen molar-refractivity contribution in [3.05, 3.63) is 12.3 Å². The fourth-order valence-electron chi connectivity index (χ4n) is 0.962. The molecule has 1 N–H and O–H groups in total. The van der Waals surface area contributed by atoms with Crippen LogP contribution in [0.2, 0.25) is 0 Å². The topological polar surface area (TPSA) is 15.3 Å². The second-order valence-corrected chi connectivity index (χ2v) is 3.64. The van der Waals surface area contributed by atoms with Gasteiger partial charge in [0, 0.05) is 12.1 Å². The summed E-state index contributed by atoms with van der Waals surface area (Å²) in [4.78, 5) is 2.29. The van der Waals surface area contributed by atoms with Crippen molar-refractivity contribution in [2.24, 2.45) is 0 Å². The average molecular weight is 140 g/mol. The lowest BCUT2D eigenvalue weighted by atomic mass is 10.1. The molecule has 2 nitrogen and oxygen atoms in total. The second kappa shape index (κ2) is 2.62. The van der Waals surface area contributed by atoms with Gasteiger partial charge in [-0.25, -0.2) is 0 Å². The summed E-state index contributed by atoms with van der Waals surface area (Å²) in [5.74, 6) is 0. The Bertz CT molecular complexity index is 133. The van der Waals surface area contributed by atoms with Gasteiger partial charge in [0.05, 0.1) is 6.67 Å². The van der Waals surface area contributed by atoms with Gasteiger partial charge in [0.1, 0.15) is 0 Å². The van der Waals surface area contributed by atoms with Crippen molar-refractivity contribution in [2.45, 2.75) is 26.3 Å². The molecule has 0 saturated carbocycles. The van der Waals surface area contributed by atoms with E-state index in [4.69, 9.17) is 0 Å². The van der Waals surface area contributed by atoms with Crippen LogP contribution < -0.4 is 5.32 Å². The molecular weight excluding hydrogens is 124 g/mol. The predicted octanol–water partition coefficient (Wildman–Crippen LogP) is 1.16. The lowest BCUT2D eigenvalue weighted by Gasteiger charge is -2.36. The van der Waals surface area contributed by atoms with Crippen molar-refractivity contribution in [3.8, 4) is 0 Å². The van der Waals surface area contributed by atoms with Gasteiger partial charge in [-0.3, -0.25) is 5.32 Å².